The lowest BCUT2D eigenvalue weighted by Crippen LogP contribution is -2.01. The molecule has 98 valence electrons. The maximum Gasteiger partial charge on any atom is 0.371 e. The van der Waals surface area contributed by atoms with Crippen molar-refractivity contribution in [3.05, 3.63) is 65.7 Å². The summed E-state index contributed by atoms with van der Waals surface area (Å²) in [6.45, 7) is 0. The Hall–Kier alpha value is -2.95. The molecule has 0 atom stereocenters. The maximum absolute atomic E-state index is 12.4. The molecule has 3 aromatic rings. The zero-order valence-electron chi connectivity index (χ0n) is 10.2. The van der Waals surface area contributed by atoms with Crippen molar-refractivity contribution in [3.63, 3.8) is 0 Å². The van der Waals surface area contributed by atoms with E-state index in [0.29, 0.717) is 16.5 Å². The first kappa shape index (κ1) is 12.1. The molecule has 0 spiro atoms. The number of pyridine rings is 1. The number of nitrogens with zero attached hydrogens (tertiary/aromatic N) is 1. The summed E-state index contributed by atoms with van der Waals surface area (Å²) in [6, 6.07) is 11.3. The second-order valence-corrected chi connectivity index (χ2v) is 4.17. The van der Waals surface area contributed by atoms with E-state index in [-0.39, 0.29) is 17.3 Å². The van der Waals surface area contributed by atoms with Gasteiger partial charge in [0.25, 0.3) is 0 Å². The third-order valence-corrected chi connectivity index (χ3v) is 2.93. The van der Waals surface area contributed by atoms with Gasteiger partial charge < -0.3 is 9.52 Å². The fraction of sp³-hybridized carbons (Fsp3) is 0. The molecule has 0 aliphatic rings. The minimum atomic E-state index is -1.20. The topological polar surface area (TPSA) is 80.4 Å². The summed E-state index contributed by atoms with van der Waals surface area (Å²) in [4.78, 5) is 27.3. The van der Waals surface area contributed by atoms with Gasteiger partial charge >= 0.3 is 5.97 Å². The first-order valence-electron chi connectivity index (χ1n) is 5.88. The summed E-state index contributed by atoms with van der Waals surface area (Å²) < 4.78 is 5.04. The summed E-state index contributed by atoms with van der Waals surface area (Å²) in [6.07, 6.45) is 1.64. The number of carbonyl (C=O) groups is 2. The largest absolute Gasteiger partial charge is 0.475 e. The van der Waals surface area contributed by atoms with Crippen molar-refractivity contribution in [1.29, 1.82) is 0 Å². The molecule has 1 N–H and O–H groups in total. The van der Waals surface area contributed by atoms with Crippen molar-refractivity contribution in [2.24, 2.45) is 0 Å². The Morgan fingerprint density at radius 3 is 2.55 bits per heavy atom. The van der Waals surface area contributed by atoms with Crippen LogP contribution >= 0.6 is 0 Å². The highest BCUT2D eigenvalue weighted by Crippen LogP contribution is 2.21. The predicted molar refractivity (Wildman–Crippen MR) is 70.8 cm³/mol. The highest BCUT2D eigenvalue weighted by Gasteiger charge is 2.18. The quantitative estimate of drug-likeness (QED) is 0.738. The molecule has 0 saturated carbocycles. The number of carboxylic acids is 1. The van der Waals surface area contributed by atoms with E-state index >= 15 is 0 Å². The van der Waals surface area contributed by atoms with Gasteiger partial charge in [-0.3, -0.25) is 9.78 Å². The van der Waals surface area contributed by atoms with E-state index in [1.165, 1.54) is 12.1 Å². The van der Waals surface area contributed by atoms with Gasteiger partial charge in [-0.2, -0.15) is 0 Å². The fourth-order valence-electron chi connectivity index (χ4n) is 2.01. The van der Waals surface area contributed by atoms with E-state index in [9.17, 15) is 9.59 Å². The molecule has 0 bridgehead atoms. The van der Waals surface area contributed by atoms with Gasteiger partial charge in [0.15, 0.2) is 5.76 Å². The molecule has 0 amide bonds. The van der Waals surface area contributed by atoms with E-state index in [4.69, 9.17) is 9.52 Å². The third-order valence-electron chi connectivity index (χ3n) is 2.93. The average molecular weight is 267 g/mol. The molecule has 1 aromatic carbocycles. The van der Waals surface area contributed by atoms with Gasteiger partial charge in [-0.05, 0) is 24.3 Å². The lowest BCUT2D eigenvalue weighted by Gasteiger charge is -2.02. The number of benzene rings is 1. The number of carboxylic acid groups (broad SMARTS) is 1. The standard InChI is InChI=1S/C15H9NO4/c17-14(12-6-7-13(20-12)15(18)19)10-3-1-5-11-9(10)4-2-8-16-11/h1-8H,(H,18,19). The smallest absolute Gasteiger partial charge is 0.371 e. The zero-order valence-corrected chi connectivity index (χ0v) is 10.2. The Balaban J connectivity index is 2.10. The van der Waals surface area contributed by atoms with Gasteiger partial charge in [0.2, 0.25) is 11.5 Å². The SMILES string of the molecule is O=C(O)c1ccc(C(=O)c2cccc3ncccc23)o1. The van der Waals surface area contributed by atoms with Crippen molar-refractivity contribution in [2.45, 2.75) is 0 Å². The van der Waals surface area contributed by atoms with Crippen LogP contribution in [-0.4, -0.2) is 21.8 Å². The third kappa shape index (κ3) is 1.95. The number of carbonyl (C=O) groups excluding carboxylic acids is 1. The van der Waals surface area contributed by atoms with Crippen LogP contribution in [0.3, 0.4) is 0 Å². The second-order valence-electron chi connectivity index (χ2n) is 4.17. The number of hydrogen-bond acceptors (Lipinski definition) is 4. The molecular weight excluding hydrogens is 258 g/mol. The predicted octanol–water partition coefficient (Wildman–Crippen LogP) is 2.76. The van der Waals surface area contributed by atoms with E-state index in [1.54, 1.807) is 36.5 Å². The van der Waals surface area contributed by atoms with Crippen LogP contribution in [0.2, 0.25) is 0 Å². The maximum atomic E-state index is 12.4. The minimum Gasteiger partial charge on any atom is -0.475 e. The summed E-state index contributed by atoms with van der Waals surface area (Å²) >= 11 is 0. The molecular formula is C15H9NO4. The molecule has 3 rings (SSSR count). The van der Waals surface area contributed by atoms with E-state index in [0.717, 1.165) is 0 Å². The Labute approximate surface area is 113 Å². The lowest BCUT2D eigenvalue weighted by molar-refractivity contribution is 0.0660. The van der Waals surface area contributed by atoms with Gasteiger partial charge in [0.05, 0.1) is 5.52 Å². The zero-order chi connectivity index (χ0) is 14.1. The number of furan rings is 1. The molecule has 2 heterocycles. The van der Waals surface area contributed by atoms with Gasteiger partial charge in [0.1, 0.15) is 0 Å². The first-order valence-corrected chi connectivity index (χ1v) is 5.88. The Morgan fingerprint density at radius 1 is 1.00 bits per heavy atom. The highest BCUT2D eigenvalue weighted by atomic mass is 16.4. The number of aromatic carboxylic acids is 1. The molecule has 2 aromatic heterocycles. The van der Waals surface area contributed by atoms with Gasteiger partial charge in [-0.25, -0.2) is 4.79 Å². The van der Waals surface area contributed by atoms with Crippen molar-refractivity contribution in [1.82, 2.24) is 4.98 Å². The van der Waals surface area contributed by atoms with Gasteiger partial charge in [0, 0.05) is 17.1 Å². The summed E-state index contributed by atoms with van der Waals surface area (Å²) in [7, 11) is 0. The molecule has 0 unspecified atom stereocenters. The molecule has 0 fully saturated rings. The van der Waals surface area contributed by atoms with Crippen LogP contribution in [0.15, 0.2) is 53.1 Å². The van der Waals surface area contributed by atoms with Crippen LogP contribution < -0.4 is 0 Å². The number of hydrogen-bond donors (Lipinski definition) is 1. The molecule has 5 heteroatoms. The van der Waals surface area contributed by atoms with E-state index in [2.05, 4.69) is 4.98 Å². The van der Waals surface area contributed by atoms with E-state index in [1.807, 2.05) is 0 Å². The Bertz CT molecular complexity index is 814. The van der Waals surface area contributed by atoms with Gasteiger partial charge in [-0.15, -0.1) is 0 Å². The number of aromatic nitrogens is 1. The van der Waals surface area contributed by atoms with Crippen molar-refractivity contribution in [3.8, 4) is 0 Å². The Morgan fingerprint density at radius 2 is 1.80 bits per heavy atom. The molecule has 5 nitrogen and oxygen atoms in total. The Kier molecular flexibility index (Phi) is 2.80. The highest BCUT2D eigenvalue weighted by molar-refractivity contribution is 6.14. The average Bonchev–Trinajstić information content (AvgIpc) is 2.96. The van der Waals surface area contributed by atoms with Crippen LogP contribution in [-0.2, 0) is 0 Å². The molecule has 0 aliphatic heterocycles. The van der Waals surface area contributed by atoms with Crippen LogP contribution in [0.1, 0.15) is 26.7 Å². The second kappa shape index (κ2) is 4.62. The minimum absolute atomic E-state index is 0.00115. The molecule has 20 heavy (non-hydrogen) atoms. The van der Waals surface area contributed by atoms with Crippen molar-refractivity contribution >= 4 is 22.7 Å². The van der Waals surface area contributed by atoms with Crippen molar-refractivity contribution in [2.75, 3.05) is 0 Å². The van der Waals surface area contributed by atoms with Crippen LogP contribution in [0, 0.1) is 0 Å². The van der Waals surface area contributed by atoms with Crippen LogP contribution in [0.5, 0.6) is 0 Å². The molecule has 0 radical (unpaired) electrons. The van der Waals surface area contributed by atoms with E-state index < -0.39 is 5.97 Å². The summed E-state index contributed by atoms with van der Waals surface area (Å²) in [5, 5.41) is 9.51. The lowest BCUT2D eigenvalue weighted by atomic mass is 10.0. The monoisotopic (exact) mass is 267 g/mol. The van der Waals surface area contributed by atoms with Crippen LogP contribution in [0.4, 0.5) is 0 Å². The normalized spacial score (nSPS) is 10.6. The number of fused-ring (bicyclic) bond motifs is 1. The number of rotatable bonds is 3. The first-order chi connectivity index (χ1) is 9.66. The fourth-order valence-corrected chi connectivity index (χ4v) is 2.01. The summed E-state index contributed by atoms with van der Waals surface area (Å²) in [5.41, 5.74) is 1.13. The van der Waals surface area contributed by atoms with Crippen LogP contribution in [0.25, 0.3) is 10.9 Å². The molecule has 0 aliphatic carbocycles. The summed E-state index contributed by atoms with van der Waals surface area (Å²) in [5.74, 6) is -1.83. The number of ketones is 1. The van der Waals surface area contributed by atoms with Gasteiger partial charge in [-0.1, -0.05) is 18.2 Å². The van der Waals surface area contributed by atoms with Crippen molar-refractivity contribution < 1.29 is 19.1 Å². The molecule has 0 saturated heterocycles.